The first kappa shape index (κ1) is 18.7. The van der Waals surface area contributed by atoms with Gasteiger partial charge in [0, 0.05) is 29.3 Å². The molecule has 0 saturated carbocycles. The number of rotatable bonds is 4. The highest BCUT2D eigenvalue weighted by atomic mass is 35.5. The Bertz CT molecular complexity index is 1240. The molecule has 0 aliphatic rings. The van der Waals surface area contributed by atoms with Gasteiger partial charge in [0.15, 0.2) is 0 Å². The summed E-state index contributed by atoms with van der Waals surface area (Å²) in [5.74, 6) is 7.44. The van der Waals surface area contributed by atoms with Crippen molar-refractivity contribution in [2.45, 2.75) is 6.92 Å². The number of hydrogen-bond donors (Lipinski definition) is 1. The summed E-state index contributed by atoms with van der Waals surface area (Å²) in [7, 11) is 0. The van der Waals surface area contributed by atoms with E-state index in [1.54, 1.807) is 18.3 Å². The summed E-state index contributed by atoms with van der Waals surface area (Å²) < 4.78 is 5.81. The van der Waals surface area contributed by atoms with Crippen LogP contribution >= 0.6 is 11.6 Å². The minimum Gasteiger partial charge on any atom is -0.454 e. The largest absolute Gasteiger partial charge is 0.454 e. The first-order valence-corrected chi connectivity index (χ1v) is 9.20. The standard InChI is InChI=1S/C23H16ClN4O/c1-3-4-16-6-9-21-19(11-16)23(27-14-26-21)28-17-7-10-22(20(24)12-17)29-18-8-5-15(2)25-13-18/h5-14H,1H2,2H3,(H,26,27,28). The Hall–Kier alpha value is -3.62. The molecular formula is C23H16ClN4O. The number of anilines is 2. The number of fused-ring (bicyclic) bond motifs is 1. The Labute approximate surface area is 173 Å². The van der Waals surface area contributed by atoms with Crippen LogP contribution in [0.3, 0.4) is 0 Å². The van der Waals surface area contributed by atoms with Gasteiger partial charge < -0.3 is 10.1 Å². The molecule has 141 valence electrons. The summed E-state index contributed by atoms with van der Waals surface area (Å²) in [6, 6.07) is 14.9. The van der Waals surface area contributed by atoms with Gasteiger partial charge in [-0.2, -0.15) is 0 Å². The van der Waals surface area contributed by atoms with Crippen LogP contribution in [0.1, 0.15) is 11.3 Å². The number of pyridine rings is 1. The highest BCUT2D eigenvalue weighted by Crippen LogP contribution is 2.33. The van der Waals surface area contributed by atoms with E-state index in [1.807, 2.05) is 43.3 Å². The molecule has 29 heavy (non-hydrogen) atoms. The molecule has 0 saturated heterocycles. The lowest BCUT2D eigenvalue weighted by molar-refractivity contribution is 0.480. The second-order valence-corrected chi connectivity index (χ2v) is 6.67. The van der Waals surface area contributed by atoms with Gasteiger partial charge in [-0.15, -0.1) is 0 Å². The Kier molecular flexibility index (Phi) is 5.28. The molecule has 5 nitrogen and oxygen atoms in total. The number of nitrogens with zero attached hydrogens (tertiary/aromatic N) is 3. The van der Waals surface area contributed by atoms with Crippen LogP contribution in [0.25, 0.3) is 10.9 Å². The molecule has 2 aromatic heterocycles. The first-order valence-electron chi connectivity index (χ1n) is 8.82. The zero-order chi connectivity index (χ0) is 20.2. The van der Waals surface area contributed by atoms with Crippen LogP contribution in [0.15, 0.2) is 61.1 Å². The monoisotopic (exact) mass is 399 g/mol. The average Bonchev–Trinajstić information content (AvgIpc) is 2.72. The van der Waals surface area contributed by atoms with Crippen molar-refractivity contribution < 1.29 is 4.74 Å². The highest BCUT2D eigenvalue weighted by Gasteiger charge is 2.08. The van der Waals surface area contributed by atoms with Crippen LogP contribution in [0.4, 0.5) is 11.5 Å². The third kappa shape index (κ3) is 4.29. The van der Waals surface area contributed by atoms with Crippen molar-refractivity contribution in [3.8, 4) is 23.3 Å². The highest BCUT2D eigenvalue weighted by molar-refractivity contribution is 6.32. The number of halogens is 1. The van der Waals surface area contributed by atoms with Crippen molar-refractivity contribution in [1.29, 1.82) is 0 Å². The molecule has 0 aliphatic carbocycles. The molecule has 0 unspecified atom stereocenters. The van der Waals surface area contributed by atoms with Crippen LogP contribution in [-0.4, -0.2) is 15.0 Å². The minimum absolute atomic E-state index is 0.470. The van der Waals surface area contributed by atoms with Gasteiger partial charge in [-0.1, -0.05) is 23.4 Å². The molecule has 0 amide bonds. The van der Waals surface area contributed by atoms with Crippen LogP contribution in [0.5, 0.6) is 11.5 Å². The fourth-order valence-corrected chi connectivity index (χ4v) is 2.99. The summed E-state index contributed by atoms with van der Waals surface area (Å²) in [4.78, 5) is 12.9. The van der Waals surface area contributed by atoms with E-state index in [9.17, 15) is 0 Å². The molecule has 2 heterocycles. The normalized spacial score (nSPS) is 10.3. The maximum absolute atomic E-state index is 6.42. The lowest BCUT2D eigenvalue weighted by Gasteiger charge is -2.11. The summed E-state index contributed by atoms with van der Waals surface area (Å²) in [6.07, 6.45) is 3.18. The van der Waals surface area contributed by atoms with Gasteiger partial charge in [-0.25, -0.2) is 9.97 Å². The second kappa shape index (κ2) is 8.17. The Morgan fingerprint density at radius 3 is 2.69 bits per heavy atom. The Morgan fingerprint density at radius 1 is 1.03 bits per heavy atom. The summed E-state index contributed by atoms with van der Waals surface area (Å²) >= 11 is 6.42. The fourth-order valence-electron chi connectivity index (χ4n) is 2.78. The van der Waals surface area contributed by atoms with Crippen molar-refractivity contribution in [2.75, 3.05) is 5.32 Å². The molecular weight excluding hydrogens is 384 g/mol. The van der Waals surface area contributed by atoms with Gasteiger partial charge in [0.05, 0.1) is 16.7 Å². The third-order valence-corrected chi connectivity index (χ3v) is 4.47. The molecule has 4 rings (SSSR count). The van der Waals surface area contributed by atoms with E-state index < -0.39 is 0 Å². The number of aryl methyl sites for hydroxylation is 1. The lowest BCUT2D eigenvalue weighted by Crippen LogP contribution is -1.97. The SMILES string of the molecule is [CH2]C#Cc1ccc2ncnc(Nc3ccc(Oc4ccc(C)nc4)c(Cl)c3)c2c1. The van der Waals surface area contributed by atoms with E-state index in [4.69, 9.17) is 16.3 Å². The molecule has 1 N–H and O–H groups in total. The van der Waals surface area contributed by atoms with Gasteiger partial charge in [0.2, 0.25) is 0 Å². The molecule has 6 heteroatoms. The topological polar surface area (TPSA) is 59.9 Å². The maximum Gasteiger partial charge on any atom is 0.146 e. The molecule has 0 atom stereocenters. The predicted molar refractivity (Wildman–Crippen MR) is 116 cm³/mol. The summed E-state index contributed by atoms with van der Waals surface area (Å²) in [5, 5.41) is 4.61. The zero-order valence-electron chi connectivity index (χ0n) is 15.6. The molecule has 0 fully saturated rings. The number of ether oxygens (including phenoxy) is 1. The fraction of sp³-hybridized carbons (Fsp3) is 0.0435. The van der Waals surface area contributed by atoms with E-state index in [1.165, 1.54) is 6.33 Å². The molecule has 1 radical (unpaired) electrons. The quantitative estimate of drug-likeness (QED) is 0.445. The van der Waals surface area contributed by atoms with E-state index in [-0.39, 0.29) is 0 Å². The van der Waals surface area contributed by atoms with Gasteiger partial charge in [-0.05, 0) is 55.5 Å². The number of aromatic nitrogens is 3. The minimum atomic E-state index is 0.470. The number of hydrogen-bond acceptors (Lipinski definition) is 5. The van der Waals surface area contributed by atoms with Crippen LogP contribution < -0.4 is 10.1 Å². The van der Waals surface area contributed by atoms with Crippen LogP contribution in [-0.2, 0) is 0 Å². The molecule has 4 aromatic rings. The Balaban J connectivity index is 1.61. The van der Waals surface area contributed by atoms with Crippen molar-refractivity contribution in [2.24, 2.45) is 0 Å². The van der Waals surface area contributed by atoms with E-state index in [0.717, 1.165) is 27.8 Å². The average molecular weight is 400 g/mol. The van der Waals surface area contributed by atoms with Crippen LogP contribution in [0.2, 0.25) is 5.02 Å². The maximum atomic E-state index is 6.42. The van der Waals surface area contributed by atoms with Crippen molar-refractivity contribution in [3.05, 3.63) is 84.3 Å². The first-order chi connectivity index (χ1) is 14.1. The number of nitrogens with one attached hydrogen (secondary N) is 1. The van der Waals surface area contributed by atoms with Crippen molar-refractivity contribution in [1.82, 2.24) is 15.0 Å². The van der Waals surface area contributed by atoms with E-state index in [0.29, 0.717) is 22.3 Å². The van der Waals surface area contributed by atoms with E-state index >= 15 is 0 Å². The van der Waals surface area contributed by atoms with Gasteiger partial charge in [-0.3, -0.25) is 4.98 Å². The zero-order valence-corrected chi connectivity index (χ0v) is 16.4. The molecule has 0 bridgehead atoms. The van der Waals surface area contributed by atoms with E-state index in [2.05, 4.69) is 39.0 Å². The van der Waals surface area contributed by atoms with Crippen molar-refractivity contribution >= 4 is 34.0 Å². The molecule has 0 aliphatic heterocycles. The smallest absolute Gasteiger partial charge is 0.146 e. The summed E-state index contributed by atoms with van der Waals surface area (Å²) in [5.41, 5.74) is 3.36. The number of benzene rings is 2. The second-order valence-electron chi connectivity index (χ2n) is 6.26. The van der Waals surface area contributed by atoms with Crippen LogP contribution in [0, 0.1) is 25.7 Å². The Morgan fingerprint density at radius 2 is 1.93 bits per heavy atom. The lowest BCUT2D eigenvalue weighted by atomic mass is 10.1. The summed E-state index contributed by atoms with van der Waals surface area (Å²) in [6.45, 7) is 5.48. The third-order valence-electron chi connectivity index (χ3n) is 4.17. The molecule has 2 aromatic carbocycles. The predicted octanol–water partition coefficient (Wildman–Crippen LogP) is 5.71. The molecule has 0 spiro atoms. The van der Waals surface area contributed by atoms with Gasteiger partial charge >= 0.3 is 0 Å². The van der Waals surface area contributed by atoms with Gasteiger partial charge in [0.25, 0.3) is 0 Å². The van der Waals surface area contributed by atoms with Crippen molar-refractivity contribution in [3.63, 3.8) is 0 Å². The van der Waals surface area contributed by atoms with Gasteiger partial charge in [0.1, 0.15) is 23.6 Å².